The molecule has 0 aliphatic heterocycles. The summed E-state index contributed by atoms with van der Waals surface area (Å²) in [5.41, 5.74) is 3.63. The molecule has 0 saturated heterocycles. The molecule has 0 unspecified atom stereocenters. The zero-order chi connectivity index (χ0) is 25.8. The number of halogens is 1. The van der Waals surface area contributed by atoms with Crippen LogP contribution in [0.4, 0.5) is 0 Å². The van der Waals surface area contributed by atoms with Crippen LogP contribution < -0.4 is 15.0 Å². The van der Waals surface area contributed by atoms with Gasteiger partial charge in [0.1, 0.15) is 12.4 Å². The van der Waals surface area contributed by atoms with E-state index >= 15 is 0 Å². The second kappa shape index (κ2) is 11.3. The van der Waals surface area contributed by atoms with E-state index in [1.807, 2.05) is 30.3 Å². The largest absolute Gasteiger partial charge is 0.493 e. The number of aromatic nitrogens is 2. The minimum atomic E-state index is -0.147. The van der Waals surface area contributed by atoms with Crippen molar-refractivity contribution in [3.63, 3.8) is 0 Å². The van der Waals surface area contributed by atoms with Gasteiger partial charge in [0.2, 0.25) is 0 Å². The first-order valence-electron chi connectivity index (χ1n) is 12.7. The Bertz CT molecular complexity index is 1490. The van der Waals surface area contributed by atoms with Gasteiger partial charge in [-0.05, 0) is 71.1 Å². The van der Waals surface area contributed by atoms with Crippen LogP contribution in [0, 0.1) is 6.92 Å². The Morgan fingerprint density at radius 1 is 1.08 bits per heavy atom. The van der Waals surface area contributed by atoms with Gasteiger partial charge in [0.15, 0.2) is 11.5 Å². The summed E-state index contributed by atoms with van der Waals surface area (Å²) in [6, 6.07) is 19.5. The maximum absolute atomic E-state index is 13.5. The fourth-order valence-corrected chi connectivity index (χ4v) is 5.37. The average molecular weight is 560 g/mol. The van der Waals surface area contributed by atoms with Crippen LogP contribution in [-0.4, -0.2) is 23.0 Å². The van der Waals surface area contributed by atoms with Crippen molar-refractivity contribution in [1.29, 1.82) is 0 Å². The second-order valence-electron chi connectivity index (χ2n) is 9.49. The number of ether oxygens (including phenoxy) is 2. The predicted octanol–water partition coefficient (Wildman–Crippen LogP) is 6.98. The standard InChI is InChI=1S/C30H30BrN3O3/c1-20-12-14-21(15-13-20)19-37-28-25(31)16-22(17-27(28)36-2)18-32-34-29(23-8-4-3-5-9-23)33-26-11-7-6-10-24(26)30(34)35/h6-7,10-18,23H,3-5,8-9,19H2,1-2H3. The van der Waals surface area contributed by atoms with Gasteiger partial charge in [-0.15, -0.1) is 0 Å². The molecule has 0 spiro atoms. The molecule has 6 nitrogen and oxygen atoms in total. The summed E-state index contributed by atoms with van der Waals surface area (Å²) in [6.45, 7) is 2.48. The number of methoxy groups -OCH3 is 1. The van der Waals surface area contributed by atoms with E-state index < -0.39 is 0 Å². The highest BCUT2D eigenvalue weighted by molar-refractivity contribution is 9.10. The molecule has 0 radical (unpaired) electrons. The molecule has 3 aromatic carbocycles. The van der Waals surface area contributed by atoms with E-state index in [-0.39, 0.29) is 11.5 Å². The van der Waals surface area contributed by atoms with Gasteiger partial charge < -0.3 is 9.47 Å². The van der Waals surface area contributed by atoms with Crippen molar-refractivity contribution in [3.05, 3.63) is 98.0 Å². The second-order valence-corrected chi connectivity index (χ2v) is 10.3. The van der Waals surface area contributed by atoms with Crippen molar-refractivity contribution in [1.82, 2.24) is 9.66 Å². The number of para-hydroxylation sites is 1. The normalized spacial score (nSPS) is 14.4. The SMILES string of the molecule is COc1cc(C=Nn2c(C3CCCCC3)nc3ccccc3c2=O)cc(Br)c1OCc1ccc(C)cc1. The highest BCUT2D eigenvalue weighted by Crippen LogP contribution is 2.37. The third kappa shape index (κ3) is 5.62. The lowest BCUT2D eigenvalue weighted by Crippen LogP contribution is -2.25. The Morgan fingerprint density at radius 2 is 1.84 bits per heavy atom. The Balaban J connectivity index is 1.47. The molecule has 37 heavy (non-hydrogen) atoms. The topological polar surface area (TPSA) is 65.7 Å². The van der Waals surface area contributed by atoms with Crippen LogP contribution in [0.3, 0.4) is 0 Å². The van der Waals surface area contributed by atoms with E-state index in [1.165, 1.54) is 16.7 Å². The summed E-state index contributed by atoms with van der Waals surface area (Å²) < 4.78 is 13.9. The van der Waals surface area contributed by atoms with Crippen molar-refractivity contribution in [2.75, 3.05) is 7.11 Å². The molecule has 1 aromatic heterocycles. The zero-order valence-corrected chi connectivity index (χ0v) is 22.7. The van der Waals surface area contributed by atoms with Crippen molar-refractivity contribution in [3.8, 4) is 11.5 Å². The maximum atomic E-state index is 13.5. The van der Waals surface area contributed by atoms with Crippen molar-refractivity contribution >= 4 is 33.0 Å². The lowest BCUT2D eigenvalue weighted by atomic mass is 9.88. The van der Waals surface area contributed by atoms with Crippen LogP contribution in [-0.2, 0) is 6.61 Å². The van der Waals surface area contributed by atoms with Gasteiger partial charge in [0, 0.05) is 5.92 Å². The molecule has 1 saturated carbocycles. The van der Waals surface area contributed by atoms with E-state index in [9.17, 15) is 4.79 Å². The van der Waals surface area contributed by atoms with Crippen LogP contribution in [0.1, 0.15) is 60.5 Å². The highest BCUT2D eigenvalue weighted by Gasteiger charge is 2.22. The number of rotatable bonds is 7. The fraction of sp³-hybridized carbons (Fsp3) is 0.300. The fourth-order valence-electron chi connectivity index (χ4n) is 4.80. The summed E-state index contributed by atoms with van der Waals surface area (Å²) in [5.74, 6) is 2.16. The molecule has 4 aromatic rings. The van der Waals surface area contributed by atoms with Gasteiger partial charge in [0.05, 0.1) is 28.7 Å². The quantitative estimate of drug-likeness (QED) is 0.229. The molecule has 190 valence electrons. The number of hydrogen-bond donors (Lipinski definition) is 0. The Labute approximate surface area is 225 Å². The molecule has 0 bridgehead atoms. The molecule has 1 aliphatic carbocycles. The van der Waals surface area contributed by atoms with Crippen LogP contribution in [0.5, 0.6) is 11.5 Å². The van der Waals surface area contributed by atoms with Crippen LogP contribution in [0.25, 0.3) is 10.9 Å². The maximum Gasteiger partial charge on any atom is 0.282 e. The zero-order valence-electron chi connectivity index (χ0n) is 21.1. The predicted molar refractivity (Wildman–Crippen MR) is 151 cm³/mol. The first-order valence-corrected chi connectivity index (χ1v) is 13.4. The molecular weight excluding hydrogens is 530 g/mol. The van der Waals surface area contributed by atoms with Crippen molar-refractivity contribution in [2.24, 2.45) is 5.10 Å². The Hall–Kier alpha value is -3.45. The van der Waals surface area contributed by atoms with Crippen molar-refractivity contribution in [2.45, 2.75) is 51.6 Å². The summed E-state index contributed by atoms with van der Waals surface area (Å²) in [7, 11) is 1.61. The molecular formula is C30H30BrN3O3. The molecule has 0 amide bonds. The number of nitrogens with zero attached hydrogens (tertiary/aromatic N) is 3. The third-order valence-corrected chi connectivity index (χ3v) is 7.42. The molecule has 1 heterocycles. The van der Waals surface area contributed by atoms with Gasteiger partial charge in [-0.3, -0.25) is 4.79 Å². The summed E-state index contributed by atoms with van der Waals surface area (Å²) in [5, 5.41) is 5.22. The van der Waals surface area contributed by atoms with E-state index in [0.717, 1.165) is 52.6 Å². The number of benzene rings is 3. The van der Waals surface area contributed by atoms with Gasteiger partial charge in [-0.1, -0.05) is 61.2 Å². The van der Waals surface area contributed by atoms with Crippen LogP contribution in [0.15, 0.2) is 75.0 Å². The lowest BCUT2D eigenvalue weighted by Gasteiger charge is -2.22. The molecule has 7 heteroatoms. The van der Waals surface area contributed by atoms with E-state index in [2.05, 4.69) is 52.2 Å². The van der Waals surface area contributed by atoms with Gasteiger partial charge in [-0.25, -0.2) is 4.98 Å². The summed E-state index contributed by atoms with van der Waals surface area (Å²) >= 11 is 3.63. The summed E-state index contributed by atoms with van der Waals surface area (Å²) in [6.07, 6.45) is 7.24. The monoisotopic (exact) mass is 559 g/mol. The Kier molecular flexibility index (Phi) is 7.70. The minimum absolute atomic E-state index is 0.147. The Morgan fingerprint density at radius 3 is 2.59 bits per heavy atom. The molecule has 1 aliphatic rings. The van der Waals surface area contributed by atoms with Gasteiger partial charge in [0.25, 0.3) is 5.56 Å². The van der Waals surface area contributed by atoms with E-state index in [1.54, 1.807) is 19.4 Å². The number of fused-ring (bicyclic) bond motifs is 1. The van der Waals surface area contributed by atoms with E-state index in [4.69, 9.17) is 14.5 Å². The van der Waals surface area contributed by atoms with Crippen molar-refractivity contribution < 1.29 is 9.47 Å². The third-order valence-electron chi connectivity index (χ3n) is 6.83. The number of aryl methyl sites for hydroxylation is 1. The first-order chi connectivity index (χ1) is 18.0. The van der Waals surface area contributed by atoms with Crippen LogP contribution >= 0.6 is 15.9 Å². The first kappa shape index (κ1) is 25.2. The molecule has 1 fully saturated rings. The van der Waals surface area contributed by atoms with Gasteiger partial charge >= 0.3 is 0 Å². The lowest BCUT2D eigenvalue weighted by molar-refractivity contribution is 0.282. The molecule has 5 rings (SSSR count). The minimum Gasteiger partial charge on any atom is -0.493 e. The highest BCUT2D eigenvalue weighted by atomic mass is 79.9. The molecule has 0 N–H and O–H groups in total. The molecule has 0 atom stereocenters. The van der Waals surface area contributed by atoms with Gasteiger partial charge in [-0.2, -0.15) is 9.78 Å². The smallest absolute Gasteiger partial charge is 0.282 e. The average Bonchev–Trinajstić information content (AvgIpc) is 2.93. The van der Waals surface area contributed by atoms with E-state index in [0.29, 0.717) is 23.5 Å². The number of hydrogen-bond acceptors (Lipinski definition) is 5. The summed E-state index contributed by atoms with van der Waals surface area (Å²) in [4.78, 5) is 18.3. The van der Waals surface area contributed by atoms with Crippen LogP contribution in [0.2, 0.25) is 0 Å².